The molecular weight excluding hydrogens is 228 g/mol. The van der Waals surface area contributed by atoms with Crippen molar-refractivity contribution in [2.75, 3.05) is 19.7 Å². The van der Waals surface area contributed by atoms with E-state index in [4.69, 9.17) is 0 Å². The van der Waals surface area contributed by atoms with E-state index in [9.17, 15) is 9.90 Å². The molecule has 1 saturated carbocycles. The molecule has 4 atom stereocenters. The molecule has 1 heterocycles. The van der Waals surface area contributed by atoms with Crippen LogP contribution in [0.2, 0.25) is 0 Å². The van der Waals surface area contributed by atoms with Crippen molar-refractivity contribution >= 4 is 5.91 Å². The molecule has 0 spiro atoms. The first-order valence-corrected chi connectivity index (χ1v) is 7.32. The minimum atomic E-state index is 0.167. The van der Waals surface area contributed by atoms with Gasteiger partial charge in [0.1, 0.15) is 0 Å². The average Bonchev–Trinajstić information content (AvgIpc) is 2.39. The van der Waals surface area contributed by atoms with Crippen LogP contribution >= 0.6 is 0 Å². The summed E-state index contributed by atoms with van der Waals surface area (Å²) in [5, 5.41) is 15.7. The summed E-state index contributed by atoms with van der Waals surface area (Å²) in [6, 6.07) is 0.283. The van der Waals surface area contributed by atoms with Crippen LogP contribution in [0.3, 0.4) is 0 Å². The number of carbonyl (C=O) groups is 1. The Bertz CT molecular complexity index is 283. The zero-order valence-electron chi connectivity index (χ0n) is 11.3. The number of rotatable bonds is 3. The molecule has 4 heteroatoms. The number of hydrogen-bond donors (Lipinski definition) is 3. The Hall–Kier alpha value is -0.610. The highest BCUT2D eigenvalue weighted by molar-refractivity contribution is 5.79. The summed E-state index contributed by atoms with van der Waals surface area (Å²) in [5.74, 6) is 1.21. The van der Waals surface area contributed by atoms with Crippen molar-refractivity contribution in [2.24, 2.45) is 17.8 Å². The predicted molar refractivity (Wildman–Crippen MR) is 71.1 cm³/mol. The molecule has 0 aromatic rings. The van der Waals surface area contributed by atoms with Gasteiger partial charge in [-0.1, -0.05) is 13.3 Å². The molecule has 104 valence electrons. The lowest BCUT2D eigenvalue weighted by Crippen LogP contribution is -2.47. The quantitative estimate of drug-likeness (QED) is 0.701. The lowest BCUT2D eigenvalue weighted by atomic mass is 9.84. The topological polar surface area (TPSA) is 61.4 Å². The summed E-state index contributed by atoms with van der Waals surface area (Å²) in [6.07, 6.45) is 5.19. The van der Waals surface area contributed by atoms with Gasteiger partial charge in [-0.3, -0.25) is 4.79 Å². The molecule has 0 aromatic heterocycles. The highest BCUT2D eigenvalue weighted by Gasteiger charge is 2.30. The van der Waals surface area contributed by atoms with Crippen LogP contribution in [0.4, 0.5) is 0 Å². The third-order valence-corrected chi connectivity index (χ3v) is 4.51. The van der Waals surface area contributed by atoms with Crippen LogP contribution in [0.15, 0.2) is 0 Å². The zero-order chi connectivity index (χ0) is 13.0. The van der Waals surface area contributed by atoms with Gasteiger partial charge in [0, 0.05) is 18.6 Å². The SMILES string of the molecule is CC1CNCCC1C(=O)NC1CCCC(CO)C1. The van der Waals surface area contributed by atoms with E-state index in [1.807, 2.05) is 0 Å². The second-order valence-electron chi connectivity index (χ2n) is 6.00. The number of hydrogen-bond acceptors (Lipinski definition) is 3. The van der Waals surface area contributed by atoms with Gasteiger partial charge >= 0.3 is 0 Å². The van der Waals surface area contributed by atoms with Gasteiger partial charge < -0.3 is 15.7 Å². The second-order valence-corrected chi connectivity index (χ2v) is 6.00. The Balaban J connectivity index is 1.82. The first-order chi connectivity index (χ1) is 8.70. The number of carbonyl (C=O) groups excluding carboxylic acids is 1. The average molecular weight is 254 g/mol. The fourth-order valence-corrected chi connectivity index (χ4v) is 3.30. The molecule has 0 radical (unpaired) electrons. The monoisotopic (exact) mass is 254 g/mol. The van der Waals surface area contributed by atoms with Crippen molar-refractivity contribution in [1.82, 2.24) is 10.6 Å². The van der Waals surface area contributed by atoms with Crippen LogP contribution in [0, 0.1) is 17.8 Å². The molecule has 1 aliphatic carbocycles. The molecular formula is C14H26N2O2. The van der Waals surface area contributed by atoms with E-state index in [0.717, 1.165) is 45.2 Å². The maximum absolute atomic E-state index is 12.3. The molecule has 1 aliphatic heterocycles. The van der Waals surface area contributed by atoms with E-state index in [2.05, 4.69) is 17.6 Å². The minimum absolute atomic E-state index is 0.167. The van der Waals surface area contributed by atoms with Crippen molar-refractivity contribution in [1.29, 1.82) is 0 Å². The van der Waals surface area contributed by atoms with Crippen LogP contribution < -0.4 is 10.6 Å². The van der Waals surface area contributed by atoms with Crippen LogP contribution in [-0.4, -0.2) is 36.8 Å². The van der Waals surface area contributed by atoms with E-state index >= 15 is 0 Å². The van der Waals surface area contributed by atoms with Crippen LogP contribution in [-0.2, 0) is 4.79 Å². The van der Waals surface area contributed by atoms with E-state index in [1.54, 1.807) is 0 Å². The Kier molecular flexibility index (Phi) is 5.01. The molecule has 0 bridgehead atoms. The van der Waals surface area contributed by atoms with Crippen molar-refractivity contribution in [3.63, 3.8) is 0 Å². The van der Waals surface area contributed by atoms with E-state index < -0.39 is 0 Å². The van der Waals surface area contributed by atoms with Gasteiger partial charge in [-0.2, -0.15) is 0 Å². The summed E-state index contributed by atoms with van der Waals surface area (Å²) in [6.45, 7) is 4.30. The van der Waals surface area contributed by atoms with E-state index in [1.165, 1.54) is 0 Å². The lowest BCUT2D eigenvalue weighted by molar-refractivity contribution is -0.128. The maximum atomic E-state index is 12.3. The molecule has 0 aromatic carbocycles. The fourth-order valence-electron chi connectivity index (χ4n) is 3.30. The molecule has 4 nitrogen and oxygen atoms in total. The summed E-state index contributed by atoms with van der Waals surface area (Å²) in [7, 11) is 0. The van der Waals surface area contributed by atoms with Gasteiger partial charge in [0.15, 0.2) is 0 Å². The van der Waals surface area contributed by atoms with Gasteiger partial charge in [-0.05, 0) is 50.6 Å². The summed E-state index contributed by atoms with van der Waals surface area (Å²) in [5.41, 5.74) is 0. The van der Waals surface area contributed by atoms with Crippen LogP contribution in [0.1, 0.15) is 39.0 Å². The molecule has 2 rings (SSSR count). The molecule has 4 unspecified atom stereocenters. The molecule has 2 fully saturated rings. The molecule has 1 amide bonds. The third-order valence-electron chi connectivity index (χ3n) is 4.51. The Morgan fingerprint density at radius 3 is 2.94 bits per heavy atom. The highest BCUT2D eigenvalue weighted by atomic mass is 16.3. The molecule has 1 saturated heterocycles. The minimum Gasteiger partial charge on any atom is -0.396 e. The number of nitrogens with one attached hydrogen (secondary N) is 2. The van der Waals surface area contributed by atoms with Gasteiger partial charge in [-0.25, -0.2) is 0 Å². The van der Waals surface area contributed by atoms with Crippen molar-refractivity contribution in [2.45, 2.75) is 45.1 Å². The standard InChI is InChI=1S/C14H26N2O2/c1-10-8-15-6-5-13(10)14(18)16-12-4-2-3-11(7-12)9-17/h10-13,15,17H,2-9H2,1H3,(H,16,18). The first kappa shape index (κ1) is 13.8. The van der Waals surface area contributed by atoms with Crippen molar-refractivity contribution in [3.05, 3.63) is 0 Å². The molecule has 18 heavy (non-hydrogen) atoms. The first-order valence-electron chi connectivity index (χ1n) is 7.32. The fraction of sp³-hybridized carbons (Fsp3) is 0.929. The number of aliphatic hydroxyl groups excluding tert-OH is 1. The van der Waals surface area contributed by atoms with Crippen LogP contribution in [0.5, 0.6) is 0 Å². The van der Waals surface area contributed by atoms with Gasteiger partial charge in [-0.15, -0.1) is 0 Å². The van der Waals surface area contributed by atoms with Gasteiger partial charge in [0.25, 0.3) is 0 Å². The number of amides is 1. The van der Waals surface area contributed by atoms with E-state index in [0.29, 0.717) is 11.8 Å². The predicted octanol–water partition coefficient (Wildman–Crippen LogP) is 0.899. The van der Waals surface area contributed by atoms with E-state index in [-0.39, 0.29) is 24.5 Å². The zero-order valence-corrected chi connectivity index (χ0v) is 11.3. The second kappa shape index (κ2) is 6.53. The molecule has 2 aliphatic rings. The van der Waals surface area contributed by atoms with Gasteiger partial charge in [0.2, 0.25) is 5.91 Å². The molecule has 3 N–H and O–H groups in total. The Morgan fingerprint density at radius 2 is 2.22 bits per heavy atom. The summed E-state index contributed by atoms with van der Waals surface area (Å²) >= 11 is 0. The number of aliphatic hydroxyl groups is 1. The maximum Gasteiger partial charge on any atom is 0.223 e. The Morgan fingerprint density at radius 1 is 1.39 bits per heavy atom. The normalized spacial score (nSPS) is 37.2. The van der Waals surface area contributed by atoms with Gasteiger partial charge in [0.05, 0.1) is 0 Å². The van der Waals surface area contributed by atoms with Crippen molar-refractivity contribution in [3.8, 4) is 0 Å². The largest absolute Gasteiger partial charge is 0.396 e. The summed E-state index contributed by atoms with van der Waals surface area (Å²) < 4.78 is 0. The third kappa shape index (κ3) is 3.45. The van der Waals surface area contributed by atoms with Crippen molar-refractivity contribution < 1.29 is 9.90 Å². The number of piperidine rings is 1. The lowest BCUT2D eigenvalue weighted by Gasteiger charge is -2.33. The highest BCUT2D eigenvalue weighted by Crippen LogP contribution is 2.25. The Labute approximate surface area is 110 Å². The smallest absolute Gasteiger partial charge is 0.223 e. The summed E-state index contributed by atoms with van der Waals surface area (Å²) in [4.78, 5) is 12.3. The van der Waals surface area contributed by atoms with Crippen LogP contribution in [0.25, 0.3) is 0 Å².